The van der Waals surface area contributed by atoms with E-state index in [1.54, 1.807) is 0 Å². The molecular weight excluding hydrogens is 180 g/mol. The first kappa shape index (κ1) is 11.5. The van der Waals surface area contributed by atoms with Crippen LogP contribution in [-0.4, -0.2) is 19.2 Å². The average Bonchev–Trinajstić information content (AvgIpc) is 2.19. The van der Waals surface area contributed by atoms with Crippen molar-refractivity contribution in [1.82, 2.24) is 0 Å². The molecule has 0 aliphatic heterocycles. The molecular formula is C10H20N2O2. The molecule has 1 aliphatic rings. The van der Waals surface area contributed by atoms with Gasteiger partial charge in [-0.1, -0.05) is 19.3 Å². The molecule has 1 rings (SSSR count). The van der Waals surface area contributed by atoms with Crippen LogP contribution in [-0.2, 0) is 9.53 Å². The predicted molar refractivity (Wildman–Crippen MR) is 54.3 cm³/mol. The normalized spacial score (nSPS) is 20.4. The minimum Gasteiger partial charge on any atom is -0.450 e. The van der Waals surface area contributed by atoms with Gasteiger partial charge in [-0.2, -0.15) is 0 Å². The number of rotatable bonds is 4. The largest absolute Gasteiger partial charge is 0.450 e. The van der Waals surface area contributed by atoms with Crippen molar-refractivity contribution in [1.29, 1.82) is 0 Å². The van der Waals surface area contributed by atoms with E-state index in [0.717, 1.165) is 12.8 Å². The highest BCUT2D eigenvalue weighted by Crippen LogP contribution is 2.38. The Hall–Kier alpha value is -0.610. The highest BCUT2D eigenvalue weighted by atomic mass is 16.5. The Balaban J connectivity index is 2.47. The van der Waals surface area contributed by atoms with Crippen molar-refractivity contribution in [2.45, 2.75) is 38.5 Å². The lowest BCUT2D eigenvalue weighted by Gasteiger charge is -2.35. The summed E-state index contributed by atoms with van der Waals surface area (Å²) in [5, 5.41) is 0. The van der Waals surface area contributed by atoms with Gasteiger partial charge >= 0.3 is 5.97 Å². The maximum Gasteiger partial charge on any atom is 0.307 e. The van der Waals surface area contributed by atoms with Gasteiger partial charge in [0.15, 0.2) is 0 Å². The van der Waals surface area contributed by atoms with Gasteiger partial charge in [-0.25, -0.2) is 0 Å². The zero-order chi connectivity index (χ0) is 10.4. The quantitative estimate of drug-likeness (QED) is 0.518. The van der Waals surface area contributed by atoms with Gasteiger partial charge in [-0.05, 0) is 24.8 Å². The van der Waals surface area contributed by atoms with E-state index in [9.17, 15) is 4.79 Å². The fourth-order valence-corrected chi connectivity index (χ4v) is 2.21. The molecule has 0 aromatic carbocycles. The summed E-state index contributed by atoms with van der Waals surface area (Å²) in [6.07, 6.45) is 6.13. The van der Waals surface area contributed by atoms with Crippen LogP contribution < -0.4 is 11.5 Å². The molecule has 14 heavy (non-hydrogen) atoms. The zero-order valence-electron chi connectivity index (χ0n) is 8.63. The van der Waals surface area contributed by atoms with Crippen molar-refractivity contribution in [2.75, 3.05) is 13.3 Å². The van der Waals surface area contributed by atoms with Crippen LogP contribution in [0, 0.1) is 5.41 Å². The van der Waals surface area contributed by atoms with Gasteiger partial charge in [-0.3, -0.25) is 10.5 Å². The van der Waals surface area contributed by atoms with E-state index in [1.165, 1.54) is 19.3 Å². The molecule has 4 heteroatoms. The van der Waals surface area contributed by atoms with Gasteiger partial charge in [0, 0.05) is 0 Å². The minimum atomic E-state index is -0.208. The highest BCUT2D eigenvalue weighted by molar-refractivity contribution is 5.70. The molecule has 0 atom stereocenters. The van der Waals surface area contributed by atoms with E-state index in [4.69, 9.17) is 16.2 Å². The van der Waals surface area contributed by atoms with Gasteiger partial charge in [0.1, 0.15) is 6.73 Å². The predicted octanol–water partition coefficient (Wildman–Crippen LogP) is 0.745. The Morgan fingerprint density at radius 2 is 1.86 bits per heavy atom. The van der Waals surface area contributed by atoms with Crippen molar-refractivity contribution in [3.8, 4) is 0 Å². The summed E-state index contributed by atoms with van der Waals surface area (Å²) in [6.45, 7) is 0.548. The number of hydrogen-bond acceptors (Lipinski definition) is 4. The summed E-state index contributed by atoms with van der Waals surface area (Å²) in [7, 11) is 0. The van der Waals surface area contributed by atoms with Crippen molar-refractivity contribution in [3.63, 3.8) is 0 Å². The second-order valence-corrected chi connectivity index (χ2v) is 4.12. The van der Waals surface area contributed by atoms with E-state index < -0.39 is 0 Å². The van der Waals surface area contributed by atoms with Gasteiger partial charge in [-0.15, -0.1) is 0 Å². The Labute approximate surface area is 85.0 Å². The third-order valence-corrected chi connectivity index (χ3v) is 3.11. The molecule has 0 spiro atoms. The molecule has 4 nitrogen and oxygen atoms in total. The molecule has 0 bridgehead atoms. The lowest BCUT2D eigenvalue weighted by Crippen LogP contribution is -2.35. The van der Waals surface area contributed by atoms with Crippen LogP contribution in [0.3, 0.4) is 0 Å². The second-order valence-electron chi connectivity index (χ2n) is 4.12. The lowest BCUT2D eigenvalue weighted by molar-refractivity contribution is -0.146. The summed E-state index contributed by atoms with van der Waals surface area (Å²) in [6, 6.07) is 0. The van der Waals surface area contributed by atoms with E-state index >= 15 is 0 Å². The first-order valence-corrected chi connectivity index (χ1v) is 5.28. The van der Waals surface area contributed by atoms with Crippen molar-refractivity contribution in [2.24, 2.45) is 16.9 Å². The SMILES string of the molecule is NCOC(=O)CC1(CN)CCCCC1. The fraction of sp³-hybridized carbons (Fsp3) is 0.900. The molecule has 0 saturated heterocycles. The summed E-state index contributed by atoms with van der Waals surface area (Å²) >= 11 is 0. The molecule has 4 N–H and O–H groups in total. The second kappa shape index (κ2) is 5.32. The van der Waals surface area contributed by atoms with Crippen LogP contribution in [0.4, 0.5) is 0 Å². The van der Waals surface area contributed by atoms with Crippen molar-refractivity contribution >= 4 is 5.97 Å². The van der Waals surface area contributed by atoms with Crippen LogP contribution in [0.5, 0.6) is 0 Å². The molecule has 0 aromatic rings. The lowest BCUT2D eigenvalue weighted by atomic mass is 9.72. The Bertz CT molecular complexity index is 189. The smallest absolute Gasteiger partial charge is 0.307 e. The van der Waals surface area contributed by atoms with Crippen molar-refractivity contribution < 1.29 is 9.53 Å². The number of esters is 1. The van der Waals surface area contributed by atoms with Gasteiger partial charge in [0.05, 0.1) is 6.42 Å². The summed E-state index contributed by atoms with van der Waals surface area (Å²) in [5.74, 6) is -0.208. The molecule has 0 heterocycles. The first-order chi connectivity index (χ1) is 6.72. The molecule has 0 amide bonds. The molecule has 1 fully saturated rings. The van der Waals surface area contributed by atoms with Crippen LogP contribution in [0.2, 0.25) is 0 Å². The third kappa shape index (κ3) is 2.96. The molecule has 1 aliphatic carbocycles. The van der Waals surface area contributed by atoms with Gasteiger partial charge in [0.2, 0.25) is 0 Å². The van der Waals surface area contributed by atoms with Gasteiger partial charge < -0.3 is 10.5 Å². The minimum absolute atomic E-state index is 0.00942. The maximum atomic E-state index is 11.3. The maximum absolute atomic E-state index is 11.3. The van der Waals surface area contributed by atoms with Gasteiger partial charge in [0.25, 0.3) is 0 Å². The van der Waals surface area contributed by atoms with Crippen LogP contribution >= 0.6 is 0 Å². The summed E-state index contributed by atoms with van der Waals surface area (Å²) in [5.41, 5.74) is 10.9. The monoisotopic (exact) mass is 200 g/mol. The molecule has 0 radical (unpaired) electrons. The summed E-state index contributed by atoms with van der Waals surface area (Å²) < 4.78 is 4.75. The van der Waals surface area contributed by atoms with E-state index in [-0.39, 0.29) is 18.1 Å². The third-order valence-electron chi connectivity index (χ3n) is 3.11. The summed E-state index contributed by atoms with van der Waals surface area (Å²) in [4.78, 5) is 11.3. The first-order valence-electron chi connectivity index (χ1n) is 5.28. The topological polar surface area (TPSA) is 78.3 Å². The van der Waals surface area contributed by atoms with Crippen molar-refractivity contribution in [3.05, 3.63) is 0 Å². The number of ether oxygens (including phenoxy) is 1. The molecule has 0 unspecified atom stereocenters. The zero-order valence-corrected chi connectivity index (χ0v) is 8.63. The van der Waals surface area contributed by atoms with Crippen LogP contribution in [0.25, 0.3) is 0 Å². The Morgan fingerprint density at radius 3 is 2.36 bits per heavy atom. The Kier molecular flexibility index (Phi) is 4.35. The molecule has 1 saturated carbocycles. The molecule has 82 valence electrons. The number of hydrogen-bond donors (Lipinski definition) is 2. The number of nitrogens with two attached hydrogens (primary N) is 2. The number of carbonyl (C=O) groups is 1. The van der Waals surface area contributed by atoms with E-state index in [0.29, 0.717) is 13.0 Å². The standard InChI is InChI=1S/C10H20N2O2/c11-7-10(4-2-1-3-5-10)6-9(13)14-8-12/h1-8,11-12H2. The highest BCUT2D eigenvalue weighted by Gasteiger charge is 2.33. The fourth-order valence-electron chi connectivity index (χ4n) is 2.21. The Morgan fingerprint density at radius 1 is 1.21 bits per heavy atom. The molecule has 0 aromatic heterocycles. The van der Waals surface area contributed by atoms with E-state index in [2.05, 4.69) is 0 Å². The van der Waals surface area contributed by atoms with Crippen LogP contribution in [0.15, 0.2) is 0 Å². The number of carbonyl (C=O) groups excluding carboxylic acids is 1. The van der Waals surface area contributed by atoms with Crippen LogP contribution in [0.1, 0.15) is 38.5 Å². The average molecular weight is 200 g/mol. The van der Waals surface area contributed by atoms with E-state index in [1.807, 2.05) is 0 Å².